The van der Waals surface area contributed by atoms with Crippen LogP contribution in [0.3, 0.4) is 0 Å². The fourth-order valence-electron chi connectivity index (χ4n) is 3.34. The number of hydrogen-bond acceptors (Lipinski definition) is 6. The van der Waals surface area contributed by atoms with Crippen molar-refractivity contribution in [1.82, 2.24) is 9.47 Å². The highest BCUT2D eigenvalue weighted by Crippen LogP contribution is 2.23. The van der Waals surface area contributed by atoms with Crippen molar-refractivity contribution >= 4 is 18.0 Å². The van der Waals surface area contributed by atoms with Gasteiger partial charge in [0, 0.05) is 31.6 Å². The minimum absolute atomic E-state index is 0.121. The van der Waals surface area contributed by atoms with Crippen LogP contribution in [0.15, 0.2) is 11.6 Å². The summed E-state index contributed by atoms with van der Waals surface area (Å²) in [6, 6.07) is 3.90. The van der Waals surface area contributed by atoms with Crippen molar-refractivity contribution in [3.63, 3.8) is 0 Å². The number of aromatic nitrogens is 1. The number of morpholine rings is 1. The van der Waals surface area contributed by atoms with E-state index in [0.29, 0.717) is 32.9 Å². The second-order valence-electron chi connectivity index (χ2n) is 6.74. The van der Waals surface area contributed by atoms with Crippen LogP contribution in [0.1, 0.15) is 29.9 Å². The first-order valence-electron chi connectivity index (χ1n) is 9.20. The van der Waals surface area contributed by atoms with E-state index in [2.05, 4.69) is 4.57 Å². The van der Waals surface area contributed by atoms with Crippen molar-refractivity contribution in [3.05, 3.63) is 28.6 Å². The third-order valence-corrected chi connectivity index (χ3v) is 4.70. The molecular weight excluding hydrogens is 362 g/mol. The molecule has 0 radical (unpaired) electrons. The smallest absolute Gasteiger partial charge is 0.349 e. The van der Waals surface area contributed by atoms with E-state index in [1.54, 1.807) is 12.0 Å². The summed E-state index contributed by atoms with van der Waals surface area (Å²) in [7, 11) is 1.65. The maximum Gasteiger partial charge on any atom is 0.349 e. The minimum atomic E-state index is -0.807. The lowest BCUT2D eigenvalue weighted by Gasteiger charge is -2.26. The van der Waals surface area contributed by atoms with Crippen molar-refractivity contribution in [2.24, 2.45) is 0 Å². The Balaban J connectivity index is 2.08. The molecule has 1 aliphatic rings. The molecule has 1 atom stereocenters. The Morgan fingerprint density at radius 2 is 2.04 bits per heavy atom. The monoisotopic (exact) mass is 389 g/mol. The molecule has 2 heterocycles. The predicted molar refractivity (Wildman–Crippen MR) is 102 cm³/mol. The van der Waals surface area contributed by atoms with E-state index in [-0.39, 0.29) is 24.1 Å². The lowest BCUT2D eigenvalue weighted by atomic mass is 10.1. The molecule has 0 saturated carbocycles. The Bertz CT molecular complexity index is 784. The van der Waals surface area contributed by atoms with Gasteiger partial charge in [0.15, 0.2) is 6.61 Å². The van der Waals surface area contributed by atoms with Crippen molar-refractivity contribution in [2.75, 3.05) is 46.6 Å². The van der Waals surface area contributed by atoms with Gasteiger partial charge in [0.05, 0.1) is 25.9 Å². The number of rotatable bonds is 7. The van der Waals surface area contributed by atoms with Gasteiger partial charge < -0.3 is 23.7 Å². The molecule has 1 aliphatic heterocycles. The Morgan fingerprint density at radius 3 is 2.64 bits per heavy atom. The largest absolute Gasteiger partial charge is 0.451 e. The maximum atomic E-state index is 12.3. The molecule has 1 aromatic heterocycles. The lowest BCUT2D eigenvalue weighted by Crippen LogP contribution is -2.42. The summed E-state index contributed by atoms with van der Waals surface area (Å²) in [5, 5.41) is 9.37. The number of hydrogen-bond donors (Lipinski definition) is 0. The first-order valence-corrected chi connectivity index (χ1v) is 9.20. The van der Waals surface area contributed by atoms with Crippen LogP contribution in [0.2, 0.25) is 0 Å². The number of esters is 1. The number of ether oxygens (including phenoxy) is 3. The second-order valence-corrected chi connectivity index (χ2v) is 6.74. The van der Waals surface area contributed by atoms with Gasteiger partial charge in [0.2, 0.25) is 0 Å². The molecule has 8 heteroatoms. The molecule has 0 aromatic carbocycles. The fourth-order valence-corrected chi connectivity index (χ4v) is 3.34. The molecule has 1 fully saturated rings. The molecule has 28 heavy (non-hydrogen) atoms. The number of carbonyl (C=O) groups is 2. The third-order valence-electron chi connectivity index (χ3n) is 4.70. The van der Waals surface area contributed by atoms with E-state index in [1.807, 2.05) is 32.9 Å². The van der Waals surface area contributed by atoms with Crippen LogP contribution in [0, 0.1) is 25.2 Å². The van der Waals surface area contributed by atoms with E-state index in [1.165, 1.54) is 6.08 Å². The average Bonchev–Trinajstić information content (AvgIpc) is 2.97. The van der Waals surface area contributed by atoms with Gasteiger partial charge in [0.25, 0.3) is 5.91 Å². The third kappa shape index (κ3) is 5.21. The van der Waals surface area contributed by atoms with Crippen LogP contribution in [-0.4, -0.2) is 68.0 Å². The molecule has 0 N–H and O–H groups in total. The van der Waals surface area contributed by atoms with Crippen LogP contribution in [0.4, 0.5) is 0 Å². The molecule has 2 rings (SSSR count). The second kappa shape index (κ2) is 10.1. The normalized spacial score (nSPS) is 15.8. The summed E-state index contributed by atoms with van der Waals surface area (Å²) in [5.41, 5.74) is 2.54. The number of methoxy groups -OCH3 is 1. The molecular formula is C20H27N3O5. The first-order chi connectivity index (χ1) is 13.4. The van der Waals surface area contributed by atoms with Gasteiger partial charge in [-0.05, 0) is 38.5 Å². The number of amides is 1. The number of nitrogens with zero attached hydrogens (tertiary/aromatic N) is 3. The summed E-state index contributed by atoms with van der Waals surface area (Å²) in [6.07, 6.45) is 1.50. The summed E-state index contributed by atoms with van der Waals surface area (Å²) in [4.78, 5) is 25.9. The summed E-state index contributed by atoms with van der Waals surface area (Å²) >= 11 is 0. The number of nitriles is 1. The molecule has 0 aliphatic carbocycles. The fraction of sp³-hybridized carbons (Fsp3) is 0.550. The Labute approximate surface area is 165 Å². The SMILES string of the molecule is COC[C@@H](C)n1c(C)cc(/C=C(\C#N)C(=O)OCC(=O)N2CCOCC2)c1C. The molecule has 8 nitrogen and oxygen atoms in total. The molecule has 1 saturated heterocycles. The zero-order valence-corrected chi connectivity index (χ0v) is 16.9. The Hall–Kier alpha value is -2.63. The van der Waals surface area contributed by atoms with E-state index in [9.17, 15) is 14.9 Å². The topological polar surface area (TPSA) is 93.8 Å². The minimum Gasteiger partial charge on any atom is -0.451 e. The van der Waals surface area contributed by atoms with Crippen molar-refractivity contribution in [1.29, 1.82) is 5.26 Å². The zero-order valence-electron chi connectivity index (χ0n) is 16.9. The van der Waals surface area contributed by atoms with Crippen molar-refractivity contribution in [3.8, 4) is 6.07 Å². The van der Waals surface area contributed by atoms with Gasteiger partial charge >= 0.3 is 5.97 Å². The van der Waals surface area contributed by atoms with Crippen LogP contribution in [-0.2, 0) is 23.8 Å². The zero-order chi connectivity index (χ0) is 20.7. The highest BCUT2D eigenvalue weighted by atomic mass is 16.5. The maximum absolute atomic E-state index is 12.3. The molecule has 0 unspecified atom stereocenters. The van der Waals surface area contributed by atoms with Gasteiger partial charge in [-0.3, -0.25) is 4.79 Å². The van der Waals surface area contributed by atoms with Gasteiger partial charge in [-0.15, -0.1) is 0 Å². The average molecular weight is 389 g/mol. The quantitative estimate of drug-likeness (QED) is 0.400. The van der Waals surface area contributed by atoms with Crippen LogP contribution >= 0.6 is 0 Å². The molecule has 1 amide bonds. The number of aryl methyl sites for hydroxylation is 1. The van der Waals surface area contributed by atoms with Gasteiger partial charge in [0.1, 0.15) is 11.6 Å². The van der Waals surface area contributed by atoms with E-state index >= 15 is 0 Å². The van der Waals surface area contributed by atoms with Crippen molar-refractivity contribution in [2.45, 2.75) is 26.8 Å². The highest BCUT2D eigenvalue weighted by molar-refractivity contribution is 5.99. The standard InChI is InChI=1S/C20H27N3O5/c1-14-9-17(16(3)23(14)15(2)12-26-4)10-18(11-21)20(25)28-13-19(24)22-5-7-27-8-6-22/h9-10,15H,5-8,12-13H2,1-4H3/b18-10+/t15-/m1/s1. The van der Waals surface area contributed by atoms with Gasteiger partial charge in [-0.25, -0.2) is 4.79 Å². The van der Waals surface area contributed by atoms with Gasteiger partial charge in [-0.2, -0.15) is 5.26 Å². The van der Waals surface area contributed by atoms with Crippen LogP contribution < -0.4 is 0 Å². The van der Waals surface area contributed by atoms with E-state index in [0.717, 1.165) is 17.0 Å². The first kappa shape index (κ1) is 21.7. The summed E-state index contributed by atoms with van der Waals surface area (Å²) in [6.45, 7) is 7.98. The van der Waals surface area contributed by atoms with Gasteiger partial charge in [-0.1, -0.05) is 0 Å². The summed E-state index contributed by atoms with van der Waals surface area (Å²) < 4.78 is 17.6. The number of carbonyl (C=O) groups excluding carboxylic acids is 2. The lowest BCUT2D eigenvalue weighted by molar-refractivity contribution is -0.150. The van der Waals surface area contributed by atoms with Crippen LogP contribution in [0.5, 0.6) is 0 Å². The summed E-state index contributed by atoms with van der Waals surface area (Å²) in [5.74, 6) is -1.10. The molecule has 1 aromatic rings. The van der Waals surface area contributed by atoms with Crippen LogP contribution in [0.25, 0.3) is 6.08 Å². The Morgan fingerprint density at radius 1 is 1.36 bits per heavy atom. The highest BCUT2D eigenvalue weighted by Gasteiger charge is 2.20. The predicted octanol–water partition coefficient (Wildman–Crippen LogP) is 1.62. The molecule has 152 valence electrons. The van der Waals surface area contributed by atoms with Crippen molar-refractivity contribution < 1.29 is 23.8 Å². The molecule has 0 bridgehead atoms. The van der Waals surface area contributed by atoms with E-state index in [4.69, 9.17) is 14.2 Å². The van der Waals surface area contributed by atoms with E-state index < -0.39 is 5.97 Å². The Kier molecular flexibility index (Phi) is 7.79. The molecule has 0 spiro atoms.